The van der Waals surface area contributed by atoms with E-state index in [4.69, 9.17) is 5.73 Å². The van der Waals surface area contributed by atoms with Gasteiger partial charge < -0.3 is 10.6 Å². The summed E-state index contributed by atoms with van der Waals surface area (Å²) in [7, 11) is 2.04. The molecular weight excluding hydrogens is 184 g/mol. The van der Waals surface area contributed by atoms with E-state index in [1.165, 1.54) is 5.56 Å². The molecule has 0 spiro atoms. The highest BCUT2D eigenvalue weighted by atomic mass is 15.1. The minimum absolute atomic E-state index is 0.805. The zero-order valence-corrected chi connectivity index (χ0v) is 9.40. The van der Waals surface area contributed by atoms with Crippen LogP contribution in [0, 0.1) is 0 Å². The van der Waals surface area contributed by atoms with E-state index >= 15 is 0 Å². The topological polar surface area (TPSA) is 29.3 Å². The fourth-order valence-corrected chi connectivity index (χ4v) is 1.36. The molecule has 2 heteroatoms. The molecule has 0 atom stereocenters. The molecule has 1 aromatic carbocycles. The molecule has 2 nitrogen and oxygen atoms in total. The number of anilines is 1. The monoisotopic (exact) mass is 202 g/mol. The van der Waals surface area contributed by atoms with E-state index in [0.29, 0.717) is 0 Å². The third-order valence-corrected chi connectivity index (χ3v) is 2.16. The van der Waals surface area contributed by atoms with E-state index in [9.17, 15) is 0 Å². The molecule has 1 aromatic rings. The zero-order valence-electron chi connectivity index (χ0n) is 9.40. The molecule has 0 unspecified atom stereocenters. The highest BCUT2D eigenvalue weighted by Gasteiger charge is 1.95. The average molecular weight is 202 g/mol. The number of nitrogen functional groups attached to an aromatic ring is 1. The lowest BCUT2D eigenvalue weighted by Crippen LogP contribution is -2.10. The summed E-state index contributed by atoms with van der Waals surface area (Å²) in [5, 5.41) is 0. The predicted octanol–water partition coefficient (Wildman–Crippen LogP) is 2.79. The molecule has 1 rings (SSSR count). The lowest BCUT2D eigenvalue weighted by Gasteiger charge is -2.15. The summed E-state index contributed by atoms with van der Waals surface area (Å²) < 4.78 is 0. The maximum Gasteiger partial charge on any atom is 0.0420 e. The SMILES string of the molecule is C=C/C(C)=C\N(C)Cc1ccc(N)cc1. The first-order valence-corrected chi connectivity index (χ1v) is 4.97. The maximum atomic E-state index is 5.62. The molecule has 0 saturated heterocycles. The third-order valence-electron chi connectivity index (χ3n) is 2.16. The number of hydrogen-bond acceptors (Lipinski definition) is 2. The third kappa shape index (κ3) is 3.90. The van der Waals surface area contributed by atoms with Gasteiger partial charge in [0.2, 0.25) is 0 Å². The van der Waals surface area contributed by atoms with Crippen molar-refractivity contribution in [1.82, 2.24) is 4.90 Å². The van der Waals surface area contributed by atoms with Crippen LogP contribution in [0.3, 0.4) is 0 Å². The van der Waals surface area contributed by atoms with Crippen molar-refractivity contribution in [3.05, 3.63) is 54.3 Å². The van der Waals surface area contributed by atoms with Gasteiger partial charge in [0.1, 0.15) is 0 Å². The van der Waals surface area contributed by atoms with E-state index in [1.807, 2.05) is 44.3 Å². The van der Waals surface area contributed by atoms with Crippen molar-refractivity contribution < 1.29 is 0 Å². The van der Waals surface area contributed by atoms with Crippen LogP contribution in [0.25, 0.3) is 0 Å². The summed E-state index contributed by atoms with van der Waals surface area (Å²) in [5.74, 6) is 0. The summed E-state index contributed by atoms with van der Waals surface area (Å²) in [6.45, 7) is 6.64. The van der Waals surface area contributed by atoms with Crippen molar-refractivity contribution in [2.45, 2.75) is 13.5 Å². The van der Waals surface area contributed by atoms with Gasteiger partial charge in [0.25, 0.3) is 0 Å². The minimum atomic E-state index is 0.805. The van der Waals surface area contributed by atoms with Crippen LogP contribution in [0.5, 0.6) is 0 Å². The van der Waals surface area contributed by atoms with Crippen molar-refractivity contribution in [1.29, 1.82) is 0 Å². The maximum absolute atomic E-state index is 5.62. The van der Waals surface area contributed by atoms with Gasteiger partial charge in [-0.05, 0) is 30.2 Å². The van der Waals surface area contributed by atoms with E-state index < -0.39 is 0 Å². The molecule has 0 aromatic heterocycles. The molecule has 80 valence electrons. The van der Waals surface area contributed by atoms with Crippen molar-refractivity contribution in [3.8, 4) is 0 Å². The van der Waals surface area contributed by atoms with Crippen LogP contribution in [-0.2, 0) is 6.54 Å². The van der Waals surface area contributed by atoms with Crippen LogP contribution >= 0.6 is 0 Å². The van der Waals surface area contributed by atoms with Gasteiger partial charge >= 0.3 is 0 Å². The Balaban J connectivity index is 2.62. The van der Waals surface area contributed by atoms with E-state index in [0.717, 1.165) is 17.8 Å². The second-order valence-electron chi connectivity index (χ2n) is 3.73. The molecule has 0 heterocycles. The second-order valence-corrected chi connectivity index (χ2v) is 3.73. The predicted molar refractivity (Wildman–Crippen MR) is 66.3 cm³/mol. The van der Waals surface area contributed by atoms with Crippen LogP contribution in [0.2, 0.25) is 0 Å². The molecule has 0 aliphatic rings. The molecule has 0 bridgehead atoms. The first kappa shape index (κ1) is 11.4. The number of hydrogen-bond donors (Lipinski definition) is 1. The number of nitrogens with two attached hydrogens (primary N) is 1. The molecule has 0 amide bonds. The Labute approximate surface area is 91.7 Å². The first-order valence-electron chi connectivity index (χ1n) is 4.97. The van der Waals surface area contributed by atoms with Gasteiger partial charge in [-0.2, -0.15) is 0 Å². The minimum Gasteiger partial charge on any atom is -0.399 e. The van der Waals surface area contributed by atoms with Crippen LogP contribution < -0.4 is 5.73 Å². The average Bonchev–Trinajstić information content (AvgIpc) is 2.21. The van der Waals surface area contributed by atoms with Gasteiger partial charge in [0, 0.05) is 25.5 Å². The number of benzene rings is 1. The number of nitrogens with zero attached hydrogens (tertiary/aromatic N) is 1. The van der Waals surface area contributed by atoms with Crippen molar-refractivity contribution in [2.75, 3.05) is 12.8 Å². The summed E-state index contributed by atoms with van der Waals surface area (Å²) in [4.78, 5) is 2.13. The fraction of sp³-hybridized carbons (Fsp3) is 0.231. The van der Waals surface area contributed by atoms with Crippen molar-refractivity contribution in [2.24, 2.45) is 0 Å². The summed E-state index contributed by atoms with van der Waals surface area (Å²) in [6.07, 6.45) is 3.92. The Morgan fingerprint density at radius 3 is 2.53 bits per heavy atom. The first-order chi connectivity index (χ1) is 7.11. The number of allylic oxidation sites excluding steroid dienone is 2. The Morgan fingerprint density at radius 2 is 2.00 bits per heavy atom. The molecule has 15 heavy (non-hydrogen) atoms. The molecule has 0 fully saturated rings. The Bertz CT molecular complexity index is 349. The highest BCUT2D eigenvalue weighted by molar-refractivity contribution is 5.39. The molecule has 0 aliphatic carbocycles. The molecule has 0 saturated carbocycles. The molecule has 0 aliphatic heterocycles. The van der Waals surface area contributed by atoms with Crippen LogP contribution in [0.1, 0.15) is 12.5 Å². The highest BCUT2D eigenvalue weighted by Crippen LogP contribution is 2.08. The van der Waals surface area contributed by atoms with Gasteiger partial charge in [0.05, 0.1) is 0 Å². The molecule has 0 radical (unpaired) electrons. The quantitative estimate of drug-likeness (QED) is 0.601. The van der Waals surface area contributed by atoms with E-state index in [2.05, 4.69) is 17.7 Å². The van der Waals surface area contributed by atoms with Crippen molar-refractivity contribution in [3.63, 3.8) is 0 Å². The van der Waals surface area contributed by atoms with Crippen LogP contribution in [-0.4, -0.2) is 11.9 Å². The normalized spacial score (nSPS) is 11.2. The molecule has 2 N–H and O–H groups in total. The van der Waals surface area contributed by atoms with E-state index in [1.54, 1.807) is 0 Å². The Hall–Kier alpha value is -1.70. The Kier molecular flexibility index (Phi) is 3.98. The summed E-state index contributed by atoms with van der Waals surface area (Å²) >= 11 is 0. The van der Waals surface area contributed by atoms with E-state index in [-0.39, 0.29) is 0 Å². The van der Waals surface area contributed by atoms with Crippen LogP contribution in [0.4, 0.5) is 5.69 Å². The van der Waals surface area contributed by atoms with Crippen LogP contribution in [0.15, 0.2) is 48.7 Å². The lowest BCUT2D eigenvalue weighted by atomic mass is 10.2. The van der Waals surface area contributed by atoms with Crippen molar-refractivity contribution >= 4 is 5.69 Å². The zero-order chi connectivity index (χ0) is 11.3. The number of rotatable bonds is 4. The summed E-state index contributed by atoms with van der Waals surface area (Å²) in [6, 6.07) is 7.94. The second kappa shape index (κ2) is 5.25. The van der Waals surface area contributed by atoms with Gasteiger partial charge in [0.15, 0.2) is 0 Å². The van der Waals surface area contributed by atoms with Gasteiger partial charge in [-0.1, -0.05) is 24.8 Å². The summed E-state index contributed by atoms with van der Waals surface area (Å²) in [5.41, 5.74) is 8.84. The fourth-order valence-electron chi connectivity index (χ4n) is 1.36. The van der Waals surface area contributed by atoms with Gasteiger partial charge in [-0.15, -0.1) is 0 Å². The lowest BCUT2D eigenvalue weighted by molar-refractivity contribution is 0.448. The Morgan fingerprint density at radius 1 is 1.40 bits per heavy atom. The standard InChI is InChI=1S/C13H18N2/c1-4-11(2)9-15(3)10-12-5-7-13(14)8-6-12/h4-9H,1,10,14H2,2-3H3/b11-9-. The largest absolute Gasteiger partial charge is 0.399 e. The van der Waals surface area contributed by atoms with Gasteiger partial charge in [-0.25, -0.2) is 0 Å². The van der Waals surface area contributed by atoms with Gasteiger partial charge in [-0.3, -0.25) is 0 Å². The molecular formula is C13H18N2. The smallest absolute Gasteiger partial charge is 0.0420 e.